The van der Waals surface area contributed by atoms with Gasteiger partial charge in [0, 0.05) is 26.2 Å². The molecular weight excluding hydrogens is 267 g/mol. The fourth-order valence-corrected chi connectivity index (χ4v) is 3.27. The second-order valence-electron chi connectivity index (χ2n) is 5.87. The Hall–Kier alpha value is -1.13. The van der Waals surface area contributed by atoms with Gasteiger partial charge in [0.15, 0.2) is 0 Å². The van der Waals surface area contributed by atoms with E-state index in [4.69, 9.17) is 4.74 Å². The summed E-state index contributed by atoms with van der Waals surface area (Å²) in [4.78, 5) is 2.20. The molecule has 3 nitrogen and oxygen atoms in total. The Kier molecular flexibility index (Phi) is 6.00. The predicted octanol–water partition coefficient (Wildman–Crippen LogP) is 3.36. The largest absolute Gasteiger partial charge is 0.384 e. The molecule has 0 spiro atoms. The number of nitrogens with one attached hydrogen (secondary N) is 1. The Labute approximate surface area is 127 Å². The Morgan fingerprint density at radius 1 is 1.48 bits per heavy atom. The Balaban J connectivity index is 2.25. The molecule has 0 bridgehead atoms. The Morgan fingerprint density at radius 3 is 3.00 bits per heavy atom. The molecule has 1 N–H and O–H groups in total. The topological polar surface area (TPSA) is 24.5 Å². The first-order valence-corrected chi connectivity index (χ1v) is 7.93. The molecule has 1 saturated heterocycles. The monoisotopic (exact) mass is 294 g/mol. The van der Waals surface area contributed by atoms with Crippen molar-refractivity contribution in [3.63, 3.8) is 0 Å². The van der Waals surface area contributed by atoms with Gasteiger partial charge in [-0.05, 0) is 43.9 Å². The highest BCUT2D eigenvalue weighted by Crippen LogP contribution is 2.32. The number of halogens is 1. The van der Waals surface area contributed by atoms with Crippen LogP contribution in [0.25, 0.3) is 0 Å². The molecule has 0 saturated carbocycles. The van der Waals surface area contributed by atoms with E-state index in [0.717, 1.165) is 50.3 Å². The second-order valence-corrected chi connectivity index (χ2v) is 5.87. The minimum atomic E-state index is -0.115. The van der Waals surface area contributed by atoms with Gasteiger partial charge >= 0.3 is 0 Å². The number of anilines is 1. The lowest BCUT2D eigenvalue weighted by molar-refractivity contribution is 0.143. The molecule has 0 amide bonds. The van der Waals surface area contributed by atoms with Crippen molar-refractivity contribution in [3.8, 4) is 0 Å². The van der Waals surface area contributed by atoms with Gasteiger partial charge < -0.3 is 15.0 Å². The third-order valence-electron chi connectivity index (χ3n) is 4.23. The van der Waals surface area contributed by atoms with Crippen molar-refractivity contribution in [1.29, 1.82) is 0 Å². The van der Waals surface area contributed by atoms with E-state index < -0.39 is 0 Å². The molecule has 4 heteroatoms. The zero-order chi connectivity index (χ0) is 15.2. The molecule has 21 heavy (non-hydrogen) atoms. The quantitative estimate of drug-likeness (QED) is 0.870. The van der Waals surface area contributed by atoms with Crippen molar-refractivity contribution >= 4 is 5.69 Å². The number of rotatable bonds is 6. The van der Waals surface area contributed by atoms with Gasteiger partial charge in [-0.3, -0.25) is 0 Å². The molecule has 1 heterocycles. The van der Waals surface area contributed by atoms with E-state index >= 15 is 0 Å². The highest BCUT2D eigenvalue weighted by Gasteiger charge is 2.25. The van der Waals surface area contributed by atoms with Crippen LogP contribution < -0.4 is 10.2 Å². The summed E-state index contributed by atoms with van der Waals surface area (Å²) in [7, 11) is 1.74. The third kappa shape index (κ3) is 3.95. The number of methoxy groups -OCH3 is 1. The van der Waals surface area contributed by atoms with E-state index in [9.17, 15) is 4.39 Å². The maximum Gasteiger partial charge on any atom is 0.146 e. The molecule has 118 valence electrons. The summed E-state index contributed by atoms with van der Waals surface area (Å²) in [5.41, 5.74) is 1.82. The SMILES string of the molecule is CCNC(C)c1cccc(F)c1N1CCCC(COC)C1. The zero-order valence-corrected chi connectivity index (χ0v) is 13.4. The fraction of sp³-hybridized carbons (Fsp3) is 0.647. The number of ether oxygens (including phenoxy) is 1. The average molecular weight is 294 g/mol. The smallest absolute Gasteiger partial charge is 0.146 e. The lowest BCUT2D eigenvalue weighted by Crippen LogP contribution is -2.38. The summed E-state index contributed by atoms with van der Waals surface area (Å²) in [5, 5.41) is 3.39. The lowest BCUT2D eigenvalue weighted by Gasteiger charge is -2.36. The molecular formula is C17H27FN2O. The predicted molar refractivity (Wildman–Crippen MR) is 85.3 cm³/mol. The third-order valence-corrected chi connectivity index (χ3v) is 4.23. The zero-order valence-electron chi connectivity index (χ0n) is 13.4. The van der Waals surface area contributed by atoms with Gasteiger partial charge in [0.1, 0.15) is 5.82 Å². The molecule has 1 aliphatic rings. The lowest BCUT2D eigenvalue weighted by atomic mass is 9.96. The molecule has 1 aromatic carbocycles. The first-order valence-electron chi connectivity index (χ1n) is 7.93. The molecule has 1 fully saturated rings. The van der Waals surface area contributed by atoms with Gasteiger partial charge in [-0.1, -0.05) is 19.1 Å². The van der Waals surface area contributed by atoms with Crippen LogP contribution in [-0.4, -0.2) is 33.4 Å². The maximum atomic E-state index is 14.4. The van der Waals surface area contributed by atoms with Crippen LogP contribution >= 0.6 is 0 Å². The molecule has 0 aromatic heterocycles. The minimum Gasteiger partial charge on any atom is -0.384 e. The standard InChI is InChI=1S/C17H27FN2O/c1-4-19-13(2)15-8-5-9-16(18)17(15)20-10-6-7-14(11-20)12-21-3/h5,8-9,13-14,19H,4,6-7,10-12H2,1-3H3. The van der Waals surface area contributed by atoms with Crippen molar-refractivity contribution in [2.75, 3.05) is 38.3 Å². The van der Waals surface area contributed by atoms with Crippen molar-refractivity contribution in [1.82, 2.24) is 5.32 Å². The van der Waals surface area contributed by atoms with Crippen LogP contribution in [0.3, 0.4) is 0 Å². The molecule has 2 rings (SSSR count). The van der Waals surface area contributed by atoms with Crippen molar-refractivity contribution in [3.05, 3.63) is 29.6 Å². The molecule has 0 aliphatic carbocycles. The molecule has 0 radical (unpaired) electrons. The number of benzene rings is 1. The minimum absolute atomic E-state index is 0.115. The van der Waals surface area contributed by atoms with Crippen LogP contribution in [0.2, 0.25) is 0 Å². The highest BCUT2D eigenvalue weighted by molar-refractivity contribution is 5.56. The summed E-state index contributed by atoms with van der Waals surface area (Å²) < 4.78 is 19.7. The summed E-state index contributed by atoms with van der Waals surface area (Å²) >= 11 is 0. The van der Waals surface area contributed by atoms with Gasteiger partial charge in [0.25, 0.3) is 0 Å². The number of nitrogens with zero attached hydrogens (tertiary/aromatic N) is 1. The van der Waals surface area contributed by atoms with Gasteiger partial charge in [-0.15, -0.1) is 0 Å². The van der Waals surface area contributed by atoms with Crippen molar-refractivity contribution in [2.24, 2.45) is 5.92 Å². The average Bonchev–Trinajstić information content (AvgIpc) is 2.48. The van der Waals surface area contributed by atoms with E-state index in [1.807, 2.05) is 6.07 Å². The van der Waals surface area contributed by atoms with Crippen LogP contribution in [-0.2, 0) is 4.74 Å². The van der Waals surface area contributed by atoms with Crippen molar-refractivity contribution in [2.45, 2.75) is 32.7 Å². The van der Waals surface area contributed by atoms with Crippen LogP contribution in [0.15, 0.2) is 18.2 Å². The summed E-state index contributed by atoms with van der Waals surface area (Å²) in [6.45, 7) is 7.60. The Bertz CT molecular complexity index is 450. The highest BCUT2D eigenvalue weighted by atomic mass is 19.1. The summed E-state index contributed by atoms with van der Waals surface area (Å²) in [5.74, 6) is 0.376. The van der Waals surface area contributed by atoms with Crippen LogP contribution in [0.1, 0.15) is 38.3 Å². The van der Waals surface area contributed by atoms with E-state index in [1.165, 1.54) is 0 Å². The molecule has 2 atom stereocenters. The van der Waals surface area contributed by atoms with Crippen LogP contribution in [0.5, 0.6) is 0 Å². The summed E-state index contributed by atoms with van der Waals surface area (Å²) in [6.07, 6.45) is 2.26. The number of hydrogen-bond acceptors (Lipinski definition) is 3. The normalized spacial score (nSPS) is 20.6. The van der Waals surface area contributed by atoms with E-state index in [1.54, 1.807) is 19.2 Å². The molecule has 1 aromatic rings. The first-order chi connectivity index (χ1) is 10.2. The Morgan fingerprint density at radius 2 is 2.29 bits per heavy atom. The van der Waals surface area contributed by atoms with Gasteiger partial charge in [0.05, 0.1) is 12.3 Å². The first kappa shape index (κ1) is 16.2. The number of para-hydroxylation sites is 1. The van der Waals surface area contributed by atoms with Crippen molar-refractivity contribution < 1.29 is 9.13 Å². The van der Waals surface area contributed by atoms with E-state index in [0.29, 0.717) is 5.92 Å². The van der Waals surface area contributed by atoms with Crippen LogP contribution in [0.4, 0.5) is 10.1 Å². The van der Waals surface area contributed by atoms with E-state index in [-0.39, 0.29) is 11.9 Å². The number of hydrogen-bond donors (Lipinski definition) is 1. The maximum absolute atomic E-state index is 14.4. The number of piperidine rings is 1. The van der Waals surface area contributed by atoms with Crippen LogP contribution in [0, 0.1) is 11.7 Å². The fourth-order valence-electron chi connectivity index (χ4n) is 3.27. The molecule has 2 unspecified atom stereocenters. The molecule has 1 aliphatic heterocycles. The van der Waals surface area contributed by atoms with Gasteiger partial charge in [0.2, 0.25) is 0 Å². The van der Waals surface area contributed by atoms with Gasteiger partial charge in [-0.2, -0.15) is 0 Å². The summed E-state index contributed by atoms with van der Waals surface area (Å²) in [6, 6.07) is 5.56. The second kappa shape index (κ2) is 7.76. The van der Waals surface area contributed by atoms with Gasteiger partial charge in [-0.25, -0.2) is 4.39 Å². The van der Waals surface area contributed by atoms with E-state index in [2.05, 4.69) is 24.1 Å².